The molecule has 118 valence electrons. The van der Waals surface area contributed by atoms with Crippen molar-refractivity contribution in [2.24, 2.45) is 5.73 Å². The van der Waals surface area contributed by atoms with E-state index in [-0.39, 0.29) is 0 Å². The highest BCUT2D eigenvalue weighted by molar-refractivity contribution is 5.78. The number of benzene rings is 1. The van der Waals surface area contributed by atoms with Crippen LogP contribution in [-0.2, 0) is 9.53 Å². The van der Waals surface area contributed by atoms with Crippen LogP contribution in [0.5, 0.6) is 0 Å². The van der Waals surface area contributed by atoms with Crippen molar-refractivity contribution in [3.8, 4) is 0 Å². The van der Waals surface area contributed by atoms with Crippen molar-refractivity contribution in [2.75, 3.05) is 6.61 Å². The van der Waals surface area contributed by atoms with Crippen LogP contribution in [0.25, 0.3) is 0 Å². The van der Waals surface area contributed by atoms with E-state index in [1.54, 1.807) is 0 Å². The van der Waals surface area contributed by atoms with Crippen LogP contribution < -0.4 is 5.73 Å². The van der Waals surface area contributed by atoms with E-state index in [9.17, 15) is 35.5 Å². The van der Waals surface area contributed by atoms with E-state index in [4.69, 9.17) is 5.73 Å². The van der Waals surface area contributed by atoms with Crippen molar-refractivity contribution in [3.63, 3.8) is 0 Å². The van der Waals surface area contributed by atoms with Crippen molar-refractivity contribution >= 4 is 5.97 Å². The Morgan fingerprint density at radius 2 is 1.43 bits per heavy atom. The molecule has 0 spiro atoms. The Hall–Kier alpha value is -1.84. The van der Waals surface area contributed by atoms with Gasteiger partial charge in [0.25, 0.3) is 0 Å². The SMILES string of the molecule is CCOC(=O)C(F)(F)[C@@H](N)c1c(F)c(F)c(F)c(F)c1F. The Morgan fingerprint density at radius 1 is 1.05 bits per heavy atom. The second-order valence-corrected chi connectivity index (χ2v) is 3.80. The van der Waals surface area contributed by atoms with Crippen molar-refractivity contribution < 1.29 is 40.3 Å². The Balaban J connectivity index is 3.44. The van der Waals surface area contributed by atoms with Crippen LogP contribution in [0.15, 0.2) is 0 Å². The number of esters is 1. The van der Waals surface area contributed by atoms with Crippen LogP contribution in [0.2, 0.25) is 0 Å². The maximum absolute atomic E-state index is 13.5. The lowest BCUT2D eigenvalue weighted by molar-refractivity contribution is -0.175. The third kappa shape index (κ3) is 2.80. The molecule has 0 saturated heterocycles. The molecule has 1 atom stereocenters. The van der Waals surface area contributed by atoms with Gasteiger partial charge < -0.3 is 10.5 Å². The number of hydrogen-bond donors (Lipinski definition) is 1. The molecule has 0 aliphatic carbocycles. The number of alkyl halides is 2. The highest BCUT2D eigenvalue weighted by Crippen LogP contribution is 2.35. The van der Waals surface area contributed by atoms with Crippen molar-refractivity contribution in [2.45, 2.75) is 18.9 Å². The van der Waals surface area contributed by atoms with Gasteiger partial charge in [-0.2, -0.15) is 8.78 Å². The topological polar surface area (TPSA) is 52.3 Å². The third-order valence-corrected chi connectivity index (χ3v) is 2.49. The van der Waals surface area contributed by atoms with Crippen LogP contribution in [0.1, 0.15) is 18.5 Å². The fraction of sp³-hybridized carbons (Fsp3) is 0.364. The summed E-state index contributed by atoms with van der Waals surface area (Å²) in [6, 6.07) is -3.11. The maximum atomic E-state index is 13.5. The standard InChI is InChI=1S/C11H8F7NO2/c1-2-21-10(20)11(17,18)9(19)3-4(12)6(14)8(16)7(15)5(3)13/h9H,2,19H2,1H3/t9-/m0/s1. The second kappa shape index (κ2) is 5.88. The lowest BCUT2D eigenvalue weighted by Crippen LogP contribution is -2.43. The molecule has 21 heavy (non-hydrogen) atoms. The van der Waals surface area contributed by atoms with E-state index in [0.29, 0.717) is 0 Å². The first-order valence-corrected chi connectivity index (χ1v) is 5.39. The molecule has 0 aliphatic rings. The van der Waals surface area contributed by atoms with E-state index >= 15 is 0 Å². The Kier molecular flexibility index (Phi) is 4.82. The van der Waals surface area contributed by atoms with Crippen LogP contribution in [-0.4, -0.2) is 18.5 Å². The average Bonchev–Trinajstić information content (AvgIpc) is 2.43. The first-order chi connectivity index (χ1) is 9.57. The first-order valence-electron chi connectivity index (χ1n) is 5.39. The molecular weight excluding hydrogens is 311 g/mol. The molecule has 0 aromatic heterocycles. The van der Waals surface area contributed by atoms with Gasteiger partial charge in [-0.3, -0.25) is 0 Å². The van der Waals surface area contributed by atoms with Gasteiger partial charge in [-0.25, -0.2) is 26.7 Å². The van der Waals surface area contributed by atoms with E-state index in [2.05, 4.69) is 4.74 Å². The summed E-state index contributed by atoms with van der Waals surface area (Å²) in [5.74, 6) is -19.4. The highest BCUT2D eigenvalue weighted by atomic mass is 19.3. The van der Waals surface area contributed by atoms with Gasteiger partial charge in [-0.05, 0) is 6.92 Å². The molecule has 0 heterocycles. The van der Waals surface area contributed by atoms with E-state index in [1.165, 1.54) is 0 Å². The monoisotopic (exact) mass is 319 g/mol. The Morgan fingerprint density at radius 3 is 1.81 bits per heavy atom. The summed E-state index contributed by atoms with van der Waals surface area (Å²) < 4.78 is 96.3. The zero-order valence-corrected chi connectivity index (χ0v) is 10.3. The zero-order valence-electron chi connectivity index (χ0n) is 10.3. The average molecular weight is 319 g/mol. The van der Waals surface area contributed by atoms with Gasteiger partial charge in [-0.15, -0.1) is 0 Å². The number of rotatable bonds is 4. The van der Waals surface area contributed by atoms with E-state index in [0.717, 1.165) is 6.92 Å². The van der Waals surface area contributed by atoms with Crippen LogP contribution >= 0.6 is 0 Å². The van der Waals surface area contributed by atoms with Gasteiger partial charge in [0, 0.05) is 0 Å². The second-order valence-electron chi connectivity index (χ2n) is 3.80. The molecule has 10 heteroatoms. The van der Waals surface area contributed by atoms with Gasteiger partial charge in [0.15, 0.2) is 23.3 Å². The Labute approximate surface area is 113 Å². The number of carbonyl (C=O) groups is 1. The van der Waals surface area contributed by atoms with Gasteiger partial charge in [0.2, 0.25) is 5.82 Å². The largest absolute Gasteiger partial charge is 0.462 e. The number of halogens is 7. The van der Waals surface area contributed by atoms with Crippen molar-refractivity contribution in [1.29, 1.82) is 0 Å². The minimum absolute atomic E-state index is 0.502. The van der Waals surface area contributed by atoms with Crippen LogP contribution in [0.3, 0.4) is 0 Å². The third-order valence-electron chi connectivity index (χ3n) is 2.49. The summed E-state index contributed by atoms with van der Waals surface area (Å²) >= 11 is 0. The molecule has 2 N–H and O–H groups in total. The molecular formula is C11H8F7NO2. The smallest absolute Gasteiger partial charge is 0.379 e. The molecule has 3 nitrogen and oxygen atoms in total. The lowest BCUT2D eigenvalue weighted by Gasteiger charge is -2.23. The molecule has 0 fully saturated rings. The van der Waals surface area contributed by atoms with Crippen molar-refractivity contribution in [1.82, 2.24) is 0 Å². The number of ether oxygens (including phenoxy) is 1. The minimum Gasteiger partial charge on any atom is -0.462 e. The molecule has 1 rings (SSSR count). The first kappa shape index (κ1) is 17.2. The lowest BCUT2D eigenvalue weighted by atomic mass is 9.99. The minimum atomic E-state index is -4.69. The zero-order chi connectivity index (χ0) is 16.5. The fourth-order valence-electron chi connectivity index (χ4n) is 1.43. The van der Waals surface area contributed by atoms with Crippen LogP contribution in [0.4, 0.5) is 30.7 Å². The molecule has 1 aromatic carbocycles. The predicted molar refractivity (Wildman–Crippen MR) is 54.7 cm³/mol. The fourth-order valence-corrected chi connectivity index (χ4v) is 1.43. The Bertz CT molecular complexity index is 547. The molecule has 1 aromatic rings. The summed E-state index contributed by atoms with van der Waals surface area (Å²) in [6.07, 6.45) is 0. The normalized spacial score (nSPS) is 13.2. The molecule has 0 unspecified atom stereocenters. The number of carbonyl (C=O) groups excluding carboxylic acids is 1. The molecule has 0 radical (unpaired) electrons. The molecule has 0 aliphatic heterocycles. The highest BCUT2D eigenvalue weighted by Gasteiger charge is 2.50. The molecule has 0 amide bonds. The summed E-state index contributed by atoms with van der Waals surface area (Å²) in [5.41, 5.74) is 2.81. The maximum Gasteiger partial charge on any atom is 0.379 e. The van der Waals surface area contributed by atoms with Crippen molar-refractivity contribution in [3.05, 3.63) is 34.6 Å². The van der Waals surface area contributed by atoms with Gasteiger partial charge >= 0.3 is 11.9 Å². The van der Waals surface area contributed by atoms with Gasteiger partial charge in [0.05, 0.1) is 12.2 Å². The van der Waals surface area contributed by atoms with E-state index < -0.39 is 59.2 Å². The molecule has 0 bridgehead atoms. The summed E-state index contributed by atoms with van der Waals surface area (Å²) in [6.45, 7) is 0.663. The predicted octanol–water partition coefficient (Wildman–Crippen LogP) is 2.58. The quantitative estimate of drug-likeness (QED) is 0.402. The van der Waals surface area contributed by atoms with Crippen LogP contribution in [0, 0.1) is 29.1 Å². The number of hydrogen-bond acceptors (Lipinski definition) is 3. The molecule has 0 saturated carbocycles. The van der Waals surface area contributed by atoms with Gasteiger partial charge in [-0.1, -0.05) is 0 Å². The van der Waals surface area contributed by atoms with Gasteiger partial charge in [0.1, 0.15) is 6.04 Å². The van der Waals surface area contributed by atoms with E-state index in [1.807, 2.05) is 0 Å². The summed E-state index contributed by atoms with van der Waals surface area (Å²) in [7, 11) is 0. The summed E-state index contributed by atoms with van der Waals surface area (Å²) in [5, 5.41) is 0. The number of nitrogens with two attached hydrogens (primary N) is 1. The summed E-state index contributed by atoms with van der Waals surface area (Å²) in [4.78, 5) is 11.0.